The SMILES string of the molecule is O=C(CSC1CCNCC1)Nc1cc(F)cc(Cl)c1. The van der Waals surface area contributed by atoms with Crippen LogP contribution in [0.15, 0.2) is 18.2 Å². The van der Waals surface area contributed by atoms with Gasteiger partial charge in [0.2, 0.25) is 5.91 Å². The number of piperidine rings is 1. The summed E-state index contributed by atoms with van der Waals surface area (Å²) in [6.45, 7) is 2.03. The zero-order chi connectivity index (χ0) is 13.7. The molecular weight excluding hydrogens is 287 g/mol. The number of nitrogens with one attached hydrogen (secondary N) is 2. The van der Waals surface area contributed by atoms with Crippen molar-refractivity contribution in [3.63, 3.8) is 0 Å². The van der Waals surface area contributed by atoms with E-state index in [1.807, 2.05) is 0 Å². The fourth-order valence-corrected chi connectivity index (χ4v) is 3.23. The normalized spacial score (nSPS) is 16.3. The molecule has 1 aromatic rings. The van der Waals surface area contributed by atoms with Gasteiger partial charge in [0.15, 0.2) is 0 Å². The van der Waals surface area contributed by atoms with E-state index in [9.17, 15) is 9.18 Å². The Kier molecular flexibility index (Phi) is 5.48. The molecule has 1 aromatic carbocycles. The molecule has 0 aromatic heterocycles. The van der Waals surface area contributed by atoms with Crippen LogP contribution >= 0.6 is 23.4 Å². The van der Waals surface area contributed by atoms with E-state index in [1.165, 1.54) is 18.2 Å². The molecule has 1 saturated heterocycles. The smallest absolute Gasteiger partial charge is 0.234 e. The van der Waals surface area contributed by atoms with Gasteiger partial charge in [0, 0.05) is 16.0 Å². The Hall–Kier alpha value is -0.780. The number of rotatable bonds is 4. The third-order valence-corrected chi connectivity index (χ3v) is 4.47. The highest BCUT2D eigenvalue weighted by Gasteiger charge is 2.15. The molecule has 19 heavy (non-hydrogen) atoms. The molecule has 104 valence electrons. The Bertz CT molecular complexity index is 432. The molecule has 1 heterocycles. The minimum absolute atomic E-state index is 0.120. The highest BCUT2D eigenvalue weighted by molar-refractivity contribution is 8.00. The molecule has 1 aliphatic heterocycles. The largest absolute Gasteiger partial charge is 0.325 e. The molecule has 0 bridgehead atoms. The fourth-order valence-electron chi connectivity index (χ4n) is 1.98. The number of anilines is 1. The average Bonchev–Trinajstić information content (AvgIpc) is 2.36. The van der Waals surface area contributed by atoms with Crippen LogP contribution in [0.2, 0.25) is 5.02 Å². The maximum Gasteiger partial charge on any atom is 0.234 e. The molecule has 0 saturated carbocycles. The van der Waals surface area contributed by atoms with E-state index in [0.29, 0.717) is 16.7 Å². The summed E-state index contributed by atoms with van der Waals surface area (Å²) in [6, 6.07) is 4.01. The Morgan fingerprint density at radius 1 is 1.42 bits per heavy atom. The summed E-state index contributed by atoms with van der Waals surface area (Å²) in [6.07, 6.45) is 2.17. The van der Waals surface area contributed by atoms with Crippen molar-refractivity contribution in [2.45, 2.75) is 18.1 Å². The summed E-state index contributed by atoms with van der Waals surface area (Å²) in [5.74, 6) is -0.183. The van der Waals surface area contributed by atoms with Crippen LogP contribution in [0.25, 0.3) is 0 Å². The van der Waals surface area contributed by atoms with Crippen molar-refractivity contribution in [3.8, 4) is 0 Å². The number of carbonyl (C=O) groups is 1. The van der Waals surface area contributed by atoms with E-state index >= 15 is 0 Å². The van der Waals surface area contributed by atoms with Crippen LogP contribution in [0.1, 0.15) is 12.8 Å². The van der Waals surface area contributed by atoms with E-state index < -0.39 is 5.82 Å². The van der Waals surface area contributed by atoms with Gasteiger partial charge < -0.3 is 10.6 Å². The lowest BCUT2D eigenvalue weighted by Crippen LogP contribution is -2.30. The number of halogens is 2. The monoisotopic (exact) mass is 302 g/mol. The van der Waals surface area contributed by atoms with Gasteiger partial charge in [0.25, 0.3) is 0 Å². The molecule has 6 heteroatoms. The molecular formula is C13H16ClFN2OS. The van der Waals surface area contributed by atoms with Gasteiger partial charge in [-0.15, -0.1) is 11.8 Å². The fraction of sp³-hybridized carbons (Fsp3) is 0.462. The number of thioether (sulfide) groups is 1. The van der Waals surface area contributed by atoms with Gasteiger partial charge in [0.1, 0.15) is 5.82 Å². The lowest BCUT2D eigenvalue weighted by molar-refractivity contribution is -0.113. The summed E-state index contributed by atoms with van der Waals surface area (Å²) < 4.78 is 13.1. The zero-order valence-corrected chi connectivity index (χ0v) is 12.0. The van der Waals surface area contributed by atoms with Gasteiger partial charge >= 0.3 is 0 Å². The molecule has 3 nitrogen and oxygen atoms in total. The van der Waals surface area contributed by atoms with E-state index in [-0.39, 0.29) is 10.9 Å². The van der Waals surface area contributed by atoms with Gasteiger partial charge in [0.05, 0.1) is 5.75 Å². The molecule has 0 aliphatic carbocycles. The third kappa shape index (κ3) is 5.01. The van der Waals surface area contributed by atoms with Crippen LogP contribution < -0.4 is 10.6 Å². The lowest BCUT2D eigenvalue weighted by Gasteiger charge is -2.21. The maximum absolute atomic E-state index is 13.1. The highest BCUT2D eigenvalue weighted by atomic mass is 35.5. The van der Waals surface area contributed by atoms with Crippen molar-refractivity contribution in [1.29, 1.82) is 0 Å². The van der Waals surface area contributed by atoms with Crippen molar-refractivity contribution < 1.29 is 9.18 Å². The Balaban J connectivity index is 1.80. The minimum atomic E-state index is -0.450. The summed E-state index contributed by atoms with van der Waals surface area (Å²) in [4.78, 5) is 11.8. The second-order valence-electron chi connectivity index (χ2n) is 4.47. The van der Waals surface area contributed by atoms with Gasteiger partial charge in [-0.1, -0.05) is 11.6 Å². The van der Waals surface area contributed by atoms with Gasteiger partial charge in [-0.05, 0) is 44.1 Å². The first-order valence-electron chi connectivity index (χ1n) is 6.22. The number of hydrogen-bond acceptors (Lipinski definition) is 3. The number of benzene rings is 1. The van der Waals surface area contributed by atoms with Crippen LogP contribution in [0, 0.1) is 5.82 Å². The van der Waals surface area contributed by atoms with Crippen LogP contribution in [0.3, 0.4) is 0 Å². The van der Waals surface area contributed by atoms with E-state index in [0.717, 1.165) is 25.9 Å². The van der Waals surface area contributed by atoms with E-state index in [2.05, 4.69) is 10.6 Å². The molecule has 0 unspecified atom stereocenters. The van der Waals surface area contributed by atoms with Gasteiger partial charge in [-0.2, -0.15) is 0 Å². The van der Waals surface area contributed by atoms with Crippen molar-refractivity contribution in [2.24, 2.45) is 0 Å². The van der Waals surface area contributed by atoms with Crippen molar-refractivity contribution in [1.82, 2.24) is 5.32 Å². The molecule has 2 N–H and O–H groups in total. The van der Waals surface area contributed by atoms with E-state index in [1.54, 1.807) is 11.8 Å². The maximum atomic E-state index is 13.1. The molecule has 1 aliphatic rings. The topological polar surface area (TPSA) is 41.1 Å². The molecule has 2 rings (SSSR count). The van der Waals surface area contributed by atoms with Crippen molar-refractivity contribution in [3.05, 3.63) is 29.0 Å². The zero-order valence-electron chi connectivity index (χ0n) is 10.4. The lowest BCUT2D eigenvalue weighted by atomic mass is 10.2. The molecule has 0 atom stereocenters. The molecule has 1 fully saturated rings. The number of carbonyl (C=O) groups excluding carboxylic acids is 1. The summed E-state index contributed by atoms with van der Waals surface area (Å²) in [5.41, 5.74) is 0.404. The Morgan fingerprint density at radius 2 is 2.16 bits per heavy atom. The Morgan fingerprint density at radius 3 is 2.84 bits per heavy atom. The van der Waals surface area contributed by atoms with Crippen molar-refractivity contribution >= 4 is 35.0 Å². The number of amides is 1. The molecule has 1 amide bonds. The standard InChI is InChI=1S/C13H16ClFN2OS/c14-9-5-10(15)7-11(6-9)17-13(18)8-19-12-1-3-16-4-2-12/h5-7,12,16H,1-4,8H2,(H,17,18). The quantitative estimate of drug-likeness (QED) is 0.898. The van der Waals surface area contributed by atoms with Crippen LogP contribution in [-0.2, 0) is 4.79 Å². The van der Waals surface area contributed by atoms with Crippen LogP contribution in [0.4, 0.5) is 10.1 Å². The third-order valence-electron chi connectivity index (χ3n) is 2.88. The summed E-state index contributed by atoms with van der Waals surface area (Å²) in [7, 11) is 0. The predicted molar refractivity (Wildman–Crippen MR) is 78.4 cm³/mol. The number of hydrogen-bond donors (Lipinski definition) is 2. The minimum Gasteiger partial charge on any atom is -0.325 e. The summed E-state index contributed by atoms with van der Waals surface area (Å²) >= 11 is 7.38. The average molecular weight is 303 g/mol. The Labute approximate surface area is 121 Å². The second-order valence-corrected chi connectivity index (χ2v) is 6.19. The first kappa shape index (κ1) is 14.6. The summed E-state index contributed by atoms with van der Waals surface area (Å²) in [5, 5.41) is 6.76. The van der Waals surface area contributed by atoms with Gasteiger partial charge in [-0.3, -0.25) is 4.79 Å². The molecule has 0 spiro atoms. The second kappa shape index (κ2) is 7.12. The van der Waals surface area contributed by atoms with Crippen LogP contribution in [-0.4, -0.2) is 30.0 Å². The first-order valence-corrected chi connectivity index (χ1v) is 7.64. The van der Waals surface area contributed by atoms with E-state index in [4.69, 9.17) is 11.6 Å². The predicted octanol–water partition coefficient (Wildman–Crippen LogP) is 2.90. The van der Waals surface area contributed by atoms with Gasteiger partial charge in [-0.25, -0.2) is 4.39 Å². The first-order chi connectivity index (χ1) is 9.13. The van der Waals surface area contributed by atoms with Crippen LogP contribution in [0.5, 0.6) is 0 Å². The van der Waals surface area contributed by atoms with Crippen molar-refractivity contribution in [2.75, 3.05) is 24.2 Å². The molecule has 0 radical (unpaired) electrons. The highest BCUT2D eigenvalue weighted by Crippen LogP contribution is 2.21.